The number of aromatic nitrogens is 2. The maximum absolute atomic E-state index is 10.4. The molecule has 1 aromatic carbocycles. The highest BCUT2D eigenvalue weighted by Crippen LogP contribution is 2.35. The lowest BCUT2D eigenvalue weighted by atomic mass is 10.1. The highest BCUT2D eigenvalue weighted by atomic mass is 32.2. The first-order valence-corrected chi connectivity index (χ1v) is 6.63. The van der Waals surface area contributed by atoms with Crippen LogP contribution in [0.25, 0.3) is 0 Å². The summed E-state index contributed by atoms with van der Waals surface area (Å²) in [6, 6.07) is 7.76. The van der Waals surface area contributed by atoms with E-state index in [0.29, 0.717) is 12.2 Å². The molecule has 1 aliphatic rings. The number of para-hydroxylation sites is 1. The Morgan fingerprint density at radius 2 is 2.32 bits per heavy atom. The van der Waals surface area contributed by atoms with Crippen molar-refractivity contribution in [2.45, 2.75) is 17.7 Å². The van der Waals surface area contributed by atoms with E-state index in [1.54, 1.807) is 0 Å². The van der Waals surface area contributed by atoms with Gasteiger partial charge < -0.3 is 14.4 Å². The molecule has 0 amide bonds. The van der Waals surface area contributed by atoms with Crippen molar-refractivity contribution < 1.29 is 19.2 Å². The van der Waals surface area contributed by atoms with E-state index in [-0.39, 0.29) is 17.1 Å². The number of nitrogens with zero attached hydrogens (tertiary/aromatic N) is 2. The summed E-state index contributed by atoms with van der Waals surface area (Å²) in [4.78, 5) is 14.6. The predicted molar refractivity (Wildman–Crippen MR) is 66.2 cm³/mol. The van der Waals surface area contributed by atoms with Crippen molar-refractivity contribution in [3.05, 3.63) is 35.7 Å². The Morgan fingerprint density at radius 1 is 1.47 bits per heavy atom. The van der Waals surface area contributed by atoms with Crippen LogP contribution in [0.15, 0.2) is 34.0 Å². The number of rotatable bonds is 4. The number of carbonyl (C=O) groups is 1. The van der Waals surface area contributed by atoms with Crippen LogP contribution in [0.3, 0.4) is 0 Å². The summed E-state index contributed by atoms with van der Waals surface area (Å²) in [7, 11) is 0. The lowest BCUT2D eigenvalue weighted by molar-refractivity contribution is -0.133. The van der Waals surface area contributed by atoms with E-state index in [4.69, 9.17) is 14.4 Å². The van der Waals surface area contributed by atoms with E-state index >= 15 is 0 Å². The number of fused-ring (bicyclic) bond motifs is 1. The molecule has 1 aliphatic heterocycles. The molecule has 0 bridgehead atoms. The number of benzene rings is 1. The number of carboxylic acid groups (broad SMARTS) is 1. The van der Waals surface area contributed by atoms with Crippen LogP contribution in [0.2, 0.25) is 0 Å². The first-order chi connectivity index (χ1) is 9.22. The standard InChI is InChI=1S/C12H10N2O4S/c15-10(16)6-19-12-13-11(14-18-12)9-5-7-3-1-2-4-8(7)17-9/h1-4,9H,5-6H2,(H,15,16). The topological polar surface area (TPSA) is 85.5 Å². The Bertz CT molecular complexity index is 588. The van der Waals surface area contributed by atoms with E-state index in [1.165, 1.54) is 0 Å². The Morgan fingerprint density at radius 3 is 3.11 bits per heavy atom. The number of carboxylic acids is 1. The molecule has 1 atom stereocenters. The van der Waals surface area contributed by atoms with E-state index < -0.39 is 5.97 Å². The zero-order valence-corrected chi connectivity index (χ0v) is 10.6. The highest BCUT2D eigenvalue weighted by molar-refractivity contribution is 7.99. The lowest BCUT2D eigenvalue weighted by Gasteiger charge is -2.04. The van der Waals surface area contributed by atoms with Crippen molar-refractivity contribution in [3.63, 3.8) is 0 Å². The van der Waals surface area contributed by atoms with Gasteiger partial charge in [0, 0.05) is 6.42 Å². The summed E-state index contributed by atoms with van der Waals surface area (Å²) in [5.74, 6) is 0.253. The van der Waals surface area contributed by atoms with E-state index in [1.807, 2.05) is 24.3 Å². The van der Waals surface area contributed by atoms with Gasteiger partial charge in [-0.25, -0.2) is 0 Å². The summed E-state index contributed by atoms with van der Waals surface area (Å²) >= 11 is 0.997. The van der Waals surface area contributed by atoms with E-state index in [9.17, 15) is 4.79 Å². The van der Waals surface area contributed by atoms with Gasteiger partial charge in [-0.3, -0.25) is 4.79 Å². The number of hydrogen-bond acceptors (Lipinski definition) is 6. The molecule has 0 spiro atoms. The molecule has 98 valence electrons. The van der Waals surface area contributed by atoms with Gasteiger partial charge in [-0.05, 0) is 11.6 Å². The summed E-state index contributed by atoms with van der Waals surface area (Å²) in [5.41, 5.74) is 1.11. The van der Waals surface area contributed by atoms with Gasteiger partial charge in [0.15, 0.2) is 6.10 Å². The molecule has 1 unspecified atom stereocenters. The van der Waals surface area contributed by atoms with Crippen LogP contribution >= 0.6 is 11.8 Å². The van der Waals surface area contributed by atoms with E-state index in [0.717, 1.165) is 23.1 Å². The summed E-state index contributed by atoms with van der Waals surface area (Å²) in [6.07, 6.45) is 0.430. The molecule has 2 heterocycles. The van der Waals surface area contributed by atoms with Gasteiger partial charge in [-0.2, -0.15) is 4.98 Å². The molecule has 19 heavy (non-hydrogen) atoms. The maximum Gasteiger partial charge on any atom is 0.314 e. The molecule has 0 aliphatic carbocycles. The zero-order valence-electron chi connectivity index (χ0n) is 9.78. The zero-order chi connectivity index (χ0) is 13.2. The largest absolute Gasteiger partial charge is 0.482 e. The second-order valence-corrected chi connectivity index (χ2v) is 4.95. The molecule has 2 aromatic rings. The van der Waals surface area contributed by atoms with Gasteiger partial charge >= 0.3 is 5.97 Å². The summed E-state index contributed by atoms with van der Waals surface area (Å²) < 4.78 is 10.7. The van der Waals surface area contributed by atoms with Gasteiger partial charge in [-0.1, -0.05) is 35.1 Å². The van der Waals surface area contributed by atoms with Crippen molar-refractivity contribution in [1.29, 1.82) is 0 Å². The second-order valence-electron chi connectivity index (χ2n) is 4.02. The van der Waals surface area contributed by atoms with Crippen LogP contribution in [0, 0.1) is 0 Å². The third-order valence-electron chi connectivity index (χ3n) is 2.68. The van der Waals surface area contributed by atoms with Crippen molar-refractivity contribution in [2.75, 3.05) is 5.75 Å². The third kappa shape index (κ3) is 2.55. The first-order valence-electron chi connectivity index (χ1n) is 5.65. The van der Waals surface area contributed by atoms with Crippen molar-refractivity contribution in [1.82, 2.24) is 10.1 Å². The molecular weight excluding hydrogens is 268 g/mol. The molecule has 0 radical (unpaired) electrons. The minimum absolute atomic E-state index is 0.104. The average Bonchev–Trinajstić information content (AvgIpc) is 3.02. The number of aliphatic carboxylic acids is 1. The molecule has 1 aromatic heterocycles. The highest BCUT2D eigenvalue weighted by Gasteiger charge is 2.28. The van der Waals surface area contributed by atoms with Crippen LogP contribution in [-0.2, 0) is 11.2 Å². The maximum atomic E-state index is 10.4. The second kappa shape index (κ2) is 4.93. The van der Waals surface area contributed by atoms with Crippen LogP contribution in [0.5, 0.6) is 5.75 Å². The van der Waals surface area contributed by atoms with E-state index in [2.05, 4.69) is 10.1 Å². The Kier molecular flexibility index (Phi) is 3.12. The molecule has 0 saturated carbocycles. The van der Waals surface area contributed by atoms with Crippen LogP contribution < -0.4 is 4.74 Å². The monoisotopic (exact) mass is 278 g/mol. The molecular formula is C12H10N2O4S. The minimum atomic E-state index is -0.922. The third-order valence-corrected chi connectivity index (χ3v) is 3.48. The fourth-order valence-corrected chi connectivity index (χ4v) is 2.35. The Labute approximate surface area is 112 Å². The van der Waals surface area contributed by atoms with Gasteiger partial charge in [-0.15, -0.1) is 0 Å². The normalized spacial score (nSPS) is 16.9. The van der Waals surface area contributed by atoms with Crippen molar-refractivity contribution in [2.24, 2.45) is 0 Å². The van der Waals surface area contributed by atoms with Crippen molar-refractivity contribution in [3.8, 4) is 5.75 Å². The van der Waals surface area contributed by atoms with Gasteiger partial charge in [0.25, 0.3) is 5.22 Å². The predicted octanol–water partition coefficient (Wildman–Crippen LogP) is 1.92. The minimum Gasteiger partial charge on any atom is -0.482 e. The van der Waals surface area contributed by atoms with Gasteiger partial charge in [0.2, 0.25) is 5.82 Å². The number of ether oxygens (including phenoxy) is 1. The number of hydrogen-bond donors (Lipinski definition) is 1. The quantitative estimate of drug-likeness (QED) is 0.855. The lowest BCUT2D eigenvalue weighted by Crippen LogP contribution is -2.05. The van der Waals surface area contributed by atoms with Crippen LogP contribution in [0.1, 0.15) is 17.5 Å². The number of thioether (sulfide) groups is 1. The smallest absolute Gasteiger partial charge is 0.314 e. The Balaban J connectivity index is 1.70. The van der Waals surface area contributed by atoms with Crippen molar-refractivity contribution >= 4 is 17.7 Å². The molecule has 0 saturated heterocycles. The van der Waals surface area contributed by atoms with Gasteiger partial charge in [0.05, 0.1) is 0 Å². The first kappa shape index (κ1) is 12.0. The fraction of sp³-hybridized carbons (Fsp3) is 0.250. The average molecular weight is 278 g/mol. The molecule has 3 rings (SSSR count). The van der Waals surface area contributed by atoms with Crippen LogP contribution in [0.4, 0.5) is 0 Å². The Hall–Kier alpha value is -2.02. The summed E-state index contributed by atoms with van der Waals surface area (Å²) in [5, 5.41) is 12.7. The SMILES string of the molecule is O=C(O)CSc1nc(C2Cc3ccccc3O2)no1. The molecule has 6 nitrogen and oxygen atoms in total. The molecule has 0 fully saturated rings. The summed E-state index contributed by atoms with van der Waals surface area (Å²) in [6.45, 7) is 0. The van der Waals surface area contributed by atoms with Crippen LogP contribution in [-0.4, -0.2) is 27.0 Å². The molecule has 7 heteroatoms. The van der Waals surface area contributed by atoms with Gasteiger partial charge in [0.1, 0.15) is 11.5 Å². The molecule has 1 N–H and O–H groups in total. The fourth-order valence-electron chi connectivity index (χ4n) is 1.86.